The summed E-state index contributed by atoms with van der Waals surface area (Å²) in [7, 11) is -0.244. The normalized spacial score (nSPS) is 18.6. The summed E-state index contributed by atoms with van der Waals surface area (Å²) in [6.45, 7) is 4.41. The lowest BCUT2D eigenvalue weighted by Crippen LogP contribution is -2.39. The molecule has 0 fully saturated rings. The van der Waals surface area contributed by atoms with Crippen LogP contribution in [0.4, 0.5) is 0 Å². The first-order valence-corrected chi connectivity index (χ1v) is 15.4. The van der Waals surface area contributed by atoms with Crippen LogP contribution in [0.1, 0.15) is 13.8 Å². The summed E-state index contributed by atoms with van der Waals surface area (Å²) in [4.78, 5) is 5.24. The predicted molar refractivity (Wildman–Crippen MR) is 170 cm³/mol. The van der Waals surface area contributed by atoms with Crippen LogP contribution in [0.2, 0.25) is 5.82 Å². The van der Waals surface area contributed by atoms with Crippen LogP contribution in [0.5, 0.6) is 5.75 Å². The van der Waals surface area contributed by atoms with Crippen molar-refractivity contribution < 1.29 is 4.18 Å². The van der Waals surface area contributed by atoms with E-state index in [-0.39, 0.29) is 0 Å². The SMILES string of the molecule is CC(C)[B]c1nc2ccc3ccc4c(-c5ccccc5)nn5c4c3c2n1S51Oc2cccc3c4ccccc4n1c23. The molecule has 6 nitrogen and oxygen atoms in total. The standard InChI is InChI=1S/C33H23BN5OS/c1-19(2)34-33-35-25-18-16-20-15-17-24-29(21-9-4-3-5-10-21)36-39-31(24)28(20)32(25)38(33)41(39)37-26-13-7-6-11-22(26)23-12-8-14-27(40-41)30(23)37/h3-19H,1-2H3. The van der Waals surface area contributed by atoms with Gasteiger partial charge in [0.2, 0.25) is 7.28 Å². The van der Waals surface area contributed by atoms with Gasteiger partial charge in [-0.25, -0.2) is 12.9 Å². The van der Waals surface area contributed by atoms with Gasteiger partial charge in [-0.05, 0) is 29.7 Å². The number of imidazole rings is 1. The molecular formula is C33H23BN5OS. The molecule has 0 saturated carbocycles. The Morgan fingerprint density at radius 2 is 1.54 bits per heavy atom. The topological polar surface area (TPSA) is 49.8 Å². The number of aromatic nitrogens is 5. The van der Waals surface area contributed by atoms with Gasteiger partial charge in [0.05, 0.1) is 27.8 Å². The van der Waals surface area contributed by atoms with E-state index in [2.05, 4.69) is 130 Å². The van der Waals surface area contributed by atoms with Crippen molar-refractivity contribution in [3.63, 3.8) is 0 Å². The van der Waals surface area contributed by atoms with Crippen LogP contribution in [-0.4, -0.2) is 29.4 Å². The van der Waals surface area contributed by atoms with Gasteiger partial charge in [-0.2, -0.15) is 9.19 Å². The monoisotopic (exact) mass is 548 g/mol. The highest BCUT2D eigenvalue weighted by molar-refractivity contribution is 8.27. The van der Waals surface area contributed by atoms with E-state index in [0.29, 0.717) is 5.82 Å². The first kappa shape index (κ1) is 22.1. The Morgan fingerprint density at radius 3 is 2.41 bits per heavy atom. The van der Waals surface area contributed by atoms with Gasteiger partial charge in [-0.3, -0.25) is 0 Å². The lowest BCUT2D eigenvalue weighted by molar-refractivity contribution is 0.607. The highest BCUT2D eigenvalue weighted by Crippen LogP contribution is 2.66. The van der Waals surface area contributed by atoms with Crippen LogP contribution < -0.4 is 9.91 Å². The second-order valence-corrected chi connectivity index (χ2v) is 13.5. The molecule has 0 N–H and O–H groups in total. The number of benzene rings is 5. The summed E-state index contributed by atoms with van der Waals surface area (Å²) in [5.74, 6) is 1.18. The number of hydrogen-bond donors (Lipinski definition) is 0. The summed E-state index contributed by atoms with van der Waals surface area (Å²) >= 11 is 0. The van der Waals surface area contributed by atoms with E-state index in [1.165, 1.54) is 21.5 Å². The molecule has 2 aliphatic rings. The number of para-hydroxylation sites is 2. The molecule has 1 radical (unpaired) electrons. The molecule has 5 aromatic carbocycles. The van der Waals surface area contributed by atoms with Gasteiger partial charge in [0.25, 0.3) is 0 Å². The molecule has 5 heterocycles. The Bertz CT molecular complexity index is 2420. The molecule has 1 atom stereocenters. The van der Waals surface area contributed by atoms with E-state index >= 15 is 0 Å². The molecule has 1 spiro atoms. The third-order valence-corrected chi connectivity index (χ3v) is 11.3. The zero-order chi connectivity index (χ0) is 27.0. The van der Waals surface area contributed by atoms with Gasteiger partial charge in [-0.1, -0.05) is 92.5 Å². The van der Waals surface area contributed by atoms with Crippen LogP contribution in [0, 0.1) is 0 Å². The molecule has 10 rings (SSSR count). The first-order valence-electron chi connectivity index (χ1n) is 14.0. The van der Waals surface area contributed by atoms with Crippen LogP contribution in [0.3, 0.4) is 0 Å². The average Bonchev–Trinajstić information content (AvgIpc) is 3.74. The second-order valence-electron chi connectivity index (χ2n) is 11.3. The maximum absolute atomic E-state index is 7.35. The minimum atomic E-state index is -2.50. The summed E-state index contributed by atoms with van der Waals surface area (Å²) in [5.41, 5.74) is 8.40. The zero-order valence-corrected chi connectivity index (χ0v) is 23.3. The molecule has 2 aliphatic heterocycles. The first-order chi connectivity index (χ1) is 20.1. The van der Waals surface area contributed by atoms with Crippen LogP contribution in [-0.2, 0) is 0 Å². The van der Waals surface area contributed by atoms with Crippen molar-refractivity contribution in [1.82, 2.24) is 22.1 Å². The van der Waals surface area contributed by atoms with Crippen molar-refractivity contribution >= 4 is 78.4 Å². The van der Waals surface area contributed by atoms with Crippen LogP contribution in [0.15, 0.2) is 97.1 Å². The fourth-order valence-corrected chi connectivity index (χ4v) is 10.2. The lowest BCUT2D eigenvalue weighted by Gasteiger charge is -2.41. The Morgan fingerprint density at radius 1 is 0.732 bits per heavy atom. The van der Waals surface area contributed by atoms with Gasteiger partial charge in [0.15, 0.2) is 16.6 Å². The predicted octanol–water partition coefficient (Wildman–Crippen LogP) is 7.59. The molecule has 0 bridgehead atoms. The van der Waals surface area contributed by atoms with Crippen LogP contribution in [0.25, 0.3) is 65.8 Å². The minimum Gasteiger partial charge on any atom is -0.393 e. The fraction of sp³-hybridized carbons (Fsp3) is 0.0909. The summed E-state index contributed by atoms with van der Waals surface area (Å²) < 4.78 is 14.4. The third-order valence-electron chi connectivity index (χ3n) is 8.44. The molecule has 8 aromatic rings. The maximum Gasteiger partial charge on any atom is 0.206 e. The largest absolute Gasteiger partial charge is 0.393 e. The van der Waals surface area contributed by atoms with E-state index < -0.39 is 10.9 Å². The quantitative estimate of drug-likeness (QED) is 0.214. The van der Waals surface area contributed by atoms with Crippen molar-refractivity contribution in [2.75, 3.05) is 0 Å². The van der Waals surface area contributed by atoms with Gasteiger partial charge in [0.1, 0.15) is 11.2 Å². The van der Waals surface area contributed by atoms with Crippen molar-refractivity contribution in [1.29, 1.82) is 0 Å². The van der Waals surface area contributed by atoms with Crippen molar-refractivity contribution in [3.8, 4) is 17.0 Å². The fourth-order valence-electron chi connectivity index (χ4n) is 6.89. The molecule has 0 saturated heterocycles. The van der Waals surface area contributed by atoms with Crippen molar-refractivity contribution in [2.45, 2.75) is 19.7 Å². The number of rotatable bonds is 3. The van der Waals surface area contributed by atoms with Gasteiger partial charge >= 0.3 is 0 Å². The molecule has 8 heteroatoms. The molecule has 195 valence electrons. The Hall–Kier alpha value is -4.69. The van der Waals surface area contributed by atoms with Gasteiger partial charge in [-0.15, -0.1) is 0 Å². The van der Waals surface area contributed by atoms with Gasteiger partial charge in [0, 0.05) is 27.1 Å². The molecule has 0 aliphatic carbocycles. The van der Waals surface area contributed by atoms with E-state index in [1.807, 2.05) is 0 Å². The Balaban J connectivity index is 1.47. The number of nitrogens with zero attached hydrogens (tertiary/aromatic N) is 5. The minimum absolute atomic E-state index is 0.301. The third kappa shape index (κ3) is 2.50. The Kier molecular flexibility index (Phi) is 3.94. The molecule has 41 heavy (non-hydrogen) atoms. The van der Waals surface area contributed by atoms with Crippen molar-refractivity contribution in [3.05, 3.63) is 97.1 Å². The molecule has 3 aromatic heterocycles. The number of fused-ring (bicyclic) bond motifs is 6. The molecular weight excluding hydrogens is 525 g/mol. The zero-order valence-electron chi connectivity index (χ0n) is 22.4. The van der Waals surface area contributed by atoms with Gasteiger partial charge < -0.3 is 4.18 Å². The lowest BCUT2D eigenvalue weighted by atomic mass is 9.66. The van der Waals surface area contributed by atoms with Crippen molar-refractivity contribution in [2.24, 2.45) is 0 Å². The molecule has 1 unspecified atom stereocenters. The highest BCUT2D eigenvalue weighted by Gasteiger charge is 2.49. The average molecular weight is 548 g/mol. The smallest absolute Gasteiger partial charge is 0.206 e. The summed E-state index contributed by atoms with van der Waals surface area (Å²) in [6, 6.07) is 34.3. The highest BCUT2D eigenvalue weighted by atomic mass is 32.3. The summed E-state index contributed by atoms with van der Waals surface area (Å²) in [6.07, 6.45) is 0. The second kappa shape index (κ2) is 7.33. The number of hydrogen-bond acceptors (Lipinski definition) is 3. The summed E-state index contributed by atoms with van der Waals surface area (Å²) in [5, 5.41) is 11.4. The van der Waals surface area contributed by atoms with E-state index in [9.17, 15) is 0 Å². The Labute approximate surface area is 237 Å². The van der Waals surface area contributed by atoms with Crippen LogP contribution >= 0.6 is 10.9 Å². The van der Waals surface area contributed by atoms with E-state index in [1.54, 1.807) is 0 Å². The van der Waals surface area contributed by atoms with E-state index in [0.717, 1.165) is 55.7 Å². The van der Waals surface area contributed by atoms with E-state index in [4.69, 9.17) is 14.3 Å². The molecule has 0 amide bonds. The maximum atomic E-state index is 7.35.